The minimum atomic E-state index is 0.649. The largest absolute Gasteiger partial charge is 0.326 e. The molecule has 0 unspecified atom stereocenters. The van der Waals surface area contributed by atoms with Crippen LogP contribution in [0.25, 0.3) is 0 Å². The maximum Gasteiger partial charge on any atom is 0.153 e. The third-order valence-electron chi connectivity index (χ3n) is 3.55. The lowest BCUT2D eigenvalue weighted by molar-refractivity contribution is 0.112. The molecule has 3 nitrogen and oxygen atoms in total. The summed E-state index contributed by atoms with van der Waals surface area (Å²) in [6.07, 6.45) is 4.80. The van der Waals surface area contributed by atoms with Crippen LogP contribution in [0, 0.1) is 6.92 Å². The van der Waals surface area contributed by atoms with E-state index in [2.05, 4.69) is 35.0 Å². The zero-order valence-electron chi connectivity index (χ0n) is 11.0. The third kappa shape index (κ3) is 2.12. The van der Waals surface area contributed by atoms with Crippen LogP contribution in [-0.2, 0) is 6.42 Å². The molecule has 1 aliphatic rings. The molecule has 19 heavy (non-hydrogen) atoms. The lowest BCUT2D eigenvalue weighted by Gasteiger charge is -2.31. The van der Waals surface area contributed by atoms with Gasteiger partial charge in [0.1, 0.15) is 5.82 Å². The number of nitrogens with zero attached hydrogens (tertiary/aromatic N) is 2. The predicted octanol–water partition coefficient (Wildman–Crippen LogP) is 3.29. The van der Waals surface area contributed by atoms with Crippen LogP contribution in [0.15, 0.2) is 36.5 Å². The molecular weight excluding hydrogens is 236 g/mol. The maximum absolute atomic E-state index is 11.2. The first-order chi connectivity index (χ1) is 9.29. The molecular formula is C16H16N2O. The molecule has 0 atom stereocenters. The summed E-state index contributed by atoms with van der Waals surface area (Å²) in [7, 11) is 0. The minimum Gasteiger partial charge on any atom is -0.326 e. The van der Waals surface area contributed by atoms with Crippen LogP contribution in [0.3, 0.4) is 0 Å². The molecule has 1 aliphatic heterocycles. The van der Waals surface area contributed by atoms with Gasteiger partial charge in [0.15, 0.2) is 6.29 Å². The fraction of sp³-hybridized carbons (Fsp3) is 0.250. The van der Waals surface area contributed by atoms with Crippen molar-refractivity contribution in [2.45, 2.75) is 19.8 Å². The number of hydrogen-bond donors (Lipinski definition) is 0. The van der Waals surface area contributed by atoms with Crippen LogP contribution in [0.5, 0.6) is 0 Å². The number of aryl methyl sites for hydroxylation is 2. The topological polar surface area (TPSA) is 33.2 Å². The quantitative estimate of drug-likeness (QED) is 0.769. The van der Waals surface area contributed by atoms with Gasteiger partial charge in [0, 0.05) is 18.4 Å². The summed E-state index contributed by atoms with van der Waals surface area (Å²) >= 11 is 0. The van der Waals surface area contributed by atoms with E-state index in [1.54, 1.807) is 12.3 Å². The molecule has 2 heterocycles. The first-order valence-electron chi connectivity index (χ1n) is 6.57. The lowest BCUT2D eigenvalue weighted by Crippen LogP contribution is -2.26. The Hall–Kier alpha value is -2.16. The standard InChI is InChI=1S/C16H16N2O/c1-12-6-7-15-13(10-12)5-3-9-18(15)16-14(11-19)4-2-8-17-16/h2,4,6-8,10-11H,3,5,9H2,1H3. The summed E-state index contributed by atoms with van der Waals surface area (Å²) in [6.45, 7) is 3.02. The predicted molar refractivity (Wildman–Crippen MR) is 76.1 cm³/mol. The monoisotopic (exact) mass is 252 g/mol. The van der Waals surface area contributed by atoms with E-state index in [1.165, 1.54) is 16.8 Å². The van der Waals surface area contributed by atoms with Crippen molar-refractivity contribution in [3.8, 4) is 0 Å². The Morgan fingerprint density at radius 2 is 2.21 bits per heavy atom. The normalized spacial score (nSPS) is 14.1. The highest BCUT2D eigenvalue weighted by atomic mass is 16.1. The van der Waals surface area contributed by atoms with Gasteiger partial charge < -0.3 is 4.90 Å². The van der Waals surface area contributed by atoms with E-state index in [4.69, 9.17) is 0 Å². The SMILES string of the molecule is Cc1ccc2c(c1)CCCN2c1ncccc1C=O. The highest BCUT2D eigenvalue weighted by Gasteiger charge is 2.20. The summed E-state index contributed by atoms with van der Waals surface area (Å²) in [4.78, 5) is 17.7. The number of rotatable bonds is 2. The average Bonchev–Trinajstić information content (AvgIpc) is 2.46. The highest BCUT2D eigenvalue weighted by Crippen LogP contribution is 2.33. The van der Waals surface area contributed by atoms with E-state index >= 15 is 0 Å². The van der Waals surface area contributed by atoms with Gasteiger partial charge >= 0.3 is 0 Å². The number of hydrogen-bond acceptors (Lipinski definition) is 3. The number of aromatic nitrogens is 1. The molecule has 0 saturated carbocycles. The van der Waals surface area contributed by atoms with Crippen molar-refractivity contribution in [3.05, 3.63) is 53.2 Å². The summed E-state index contributed by atoms with van der Waals surface area (Å²) in [5.74, 6) is 0.766. The first kappa shape index (κ1) is 11.9. The Morgan fingerprint density at radius 3 is 3.05 bits per heavy atom. The molecule has 0 aliphatic carbocycles. The van der Waals surface area contributed by atoms with Gasteiger partial charge in [-0.1, -0.05) is 17.7 Å². The molecule has 3 rings (SSSR count). The van der Waals surface area contributed by atoms with Crippen molar-refractivity contribution in [1.82, 2.24) is 4.98 Å². The lowest BCUT2D eigenvalue weighted by atomic mass is 9.99. The van der Waals surface area contributed by atoms with Gasteiger partial charge in [-0.15, -0.1) is 0 Å². The Balaban J connectivity index is 2.11. The maximum atomic E-state index is 11.2. The third-order valence-corrected chi connectivity index (χ3v) is 3.55. The Bertz CT molecular complexity index is 622. The van der Waals surface area contributed by atoms with Crippen molar-refractivity contribution in [3.63, 3.8) is 0 Å². The number of carbonyl (C=O) groups excluding carboxylic acids is 1. The second-order valence-corrected chi connectivity index (χ2v) is 4.92. The van der Waals surface area contributed by atoms with Crippen molar-refractivity contribution in [2.24, 2.45) is 0 Å². The van der Waals surface area contributed by atoms with E-state index in [0.29, 0.717) is 5.56 Å². The van der Waals surface area contributed by atoms with E-state index in [9.17, 15) is 4.79 Å². The van der Waals surface area contributed by atoms with Crippen molar-refractivity contribution < 1.29 is 4.79 Å². The highest BCUT2D eigenvalue weighted by molar-refractivity contribution is 5.85. The van der Waals surface area contributed by atoms with Crippen LogP contribution in [0.1, 0.15) is 27.9 Å². The fourth-order valence-corrected chi connectivity index (χ4v) is 2.67. The number of fused-ring (bicyclic) bond motifs is 1. The van der Waals surface area contributed by atoms with Gasteiger partial charge in [-0.3, -0.25) is 4.79 Å². The Kier molecular flexibility index (Phi) is 3.03. The molecule has 0 saturated heterocycles. The second-order valence-electron chi connectivity index (χ2n) is 4.92. The Labute approximate surface area is 112 Å². The molecule has 1 aromatic heterocycles. The van der Waals surface area contributed by atoms with Crippen LogP contribution >= 0.6 is 0 Å². The fourth-order valence-electron chi connectivity index (χ4n) is 2.67. The van der Waals surface area contributed by atoms with E-state index < -0.39 is 0 Å². The second kappa shape index (κ2) is 4.84. The summed E-state index contributed by atoms with van der Waals surface area (Å²) in [5.41, 5.74) is 4.44. The minimum absolute atomic E-state index is 0.649. The van der Waals surface area contributed by atoms with Crippen LogP contribution in [0.2, 0.25) is 0 Å². The number of carbonyl (C=O) groups is 1. The van der Waals surface area contributed by atoms with Gasteiger partial charge in [0.2, 0.25) is 0 Å². The number of pyridine rings is 1. The number of benzene rings is 1. The van der Waals surface area contributed by atoms with Crippen LogP contribution < -0.4 is 4.90 Å². The van der Waals surface area contributed by atoms with Gasteiger partial charge in [-0.2, -0.15) is 0 Å². The first-order valence-corrected chi connectivity index (χ1v) is 6.57. The van der Waals surface area contributed by atoms with E-state index in [1.807, 2.05) is 6.07 Å². The number of anilines is 2. The van der Waals surface area contributed by atoms with Gasteiger partial charge in [-0.05, 0) is 43.5 Å². The summed E-state index contributed by atoms with van der Waals surface area (Å²) in [6, 6.07) is 10.1. The van der Waals surface area contributed by atoms with E-state index in [0.717, 1.165) is 31.5 Å². The van der Waals surface area contributed by atoms with Crippen LogP contribution in [0.4, 0.5) is 11.5 Å². The molecule has 3 heteroatoms. The Morgan fingerprint density at radius 1 is 1.32 bits per heavy atom. The molecule has 96 valence electrons. The number of aldehydes is 1. The van der Waals surface area contributed by atoms with Crippen molar-refractivity contribution in [2.75, 3.05) is 11.4 Å². The molecule has 0 spiro atoms. The van der Waals surface area contributed by atoms with Crippen molar-refractivity contribution >= 4 is 17.8 Å². The van der Waals surface area contributed by atoms with Gasteiger partial charge in [-0.25, -0.2) is 4.98 Å². The molecule has 0 fully saturated rings. The summed E-state index contributed by atoms with van der Waals surface area (Å²) in [5, 5.41) is 0. The van der Waals surface area contributed by atoms with E-state index in [-0.39, 0.29) is 0 Å². The van der Waals surface area contributed by atoms with Crippen LogP contribution in [-0.4, -0.2) is 17.8 Å². The molecule has 0 bridgehead atoms. The average molecular weight is 252 g/mol. The smallest absolute Gasteiger partial charge is 0.153 e. The zero-order chi connectivity index (χ0) is 13.2. The zero-order valence-corrected chi connectivity index (χ0v) is 11.0. The molecule has 1 aromatic carbocycles. The van der Waals surface area contributed by atoms with Gasteiger partial charge in [0.05, 0.1) is 5.56 Å². The molecule has 2 aromatic rings. The molecule has 0 amide bonds. The molecule has 0 N–H and O–H groups in total. The van der Waals surface area contributed by atoms with Crippen molar-refractivity contribution in [1.29, 1.82) is 0 Å². The summed E-state index contributed by atoms with van der Waals surface area (Å²) < 4.78 is 0. The molecule has 0 radical (unpaired) electrons. The van der Waals surface area contributed by atoms with Gasteiger partial charge in [0.25, 0.3) is 0 Å².